The fourth-order valence-corrected chi connectivity index (χ4v) is 2.55. The predicted octanol–water partition coefficient (Wildman–Crippen LogP) is 4.00. The second-order valence-electron chi connectivity index (χ2n) is 5.81. The van der Waals surface area contributed by atoms with Gasteiger partial charge in [-0.1, -0.05) is 38.0 Å². The van der Waals surface area contributed by atoms with Crippen LogP contribution in [0.3, 0.4) is 0 Å². The van der Waals surface area contributed by atoms with Gasteiger partial charge in [0.05, 0.1) is 5.56 Å². The third-order valence-electron chi connectivity index (χ3n) is 3.88. The van der Waals surface area contributed by atoms with E-state index in [1.165, 1.54) is 24.5 Å². The molecule has 0 aliphatic carbocycles. The summed E-state index contributed by atoms with van der Waals surface area (Å²) in [5.41, 5.74) is 1.72. The Morgan fingerprint density at radius 1 is 1.25 bits per heavy atom. The highest BCUT2D eigenvalue weighted by atomic mass is 16.6. The van der Waals surface area contributed by atoms with E-state index in [0.717, 1.165) is 12.8 Å². The molecule has 0 saturated carbocycles. The number of ether oxygens (including phenoxy) is 2. The normalized spacial score (nSPS) is 20.2. The third kappa shape index (κ3) is 5.08. The fraction of sp³-hybridized carbons (Fsp3) is 0.400. The minimum absolute atomic E-state index is 0.419. The average Bonchev–Trinajstić information content (AvgIpc) is 2.58. The molecule has 0 saturated heterocycles. The number of rotatable bonds is 7. The summed E-state index contributed by atoms with van der Waals surface area (Å²) < 4.78 is 10.6. The van der Waals surface area contributed by atoms with Crippen LogP contribution in [-0.2, 0) is 20.7 Å². The van der Waals surface area contributed by atoms with Crippen LogP contribution in [0.5, 0.6) is 0 Å². The summed E-state index contributed by atoms with van der Waals surface area (Å²) in [6, 6.07) is 7.50. The van der Waals surface area contributed by atoms with Crippen LogP contribution >= 0.6 is 0 Å². The summed E-state index contributed by atoms with van der Waals surface area (Å²) in [7, 11) is 0. The smallest absolute Gasteiger partial charge is 0.338 e. The van der Waals surface area contributed by atoms with Crippen molar-refractivity contribution in [3.05, 3.63) is 59.7 Å². The quantitative estimate of drug-likeness (QED) is 0.431. The number of unbranched alkanes of at least 4 members (excludes halogenated alkanes) is 2. The molecule has 0 bridgehead atoms. The highest BCUT2D eigenvalue weighted by Crippen LogP contribution is 2.17. The van der Waals surface area contributed by atoms with Crippen LogP contribution in [0.25, 0.3) is 0 Å². The number of aryl methyl sites for hydroxylation is 1. The Morgan fingerprint density at radius 3 is 2.67 bits per heavy atom. The molecule has 0 unspecified atom stereocenters. The molecule has 2 atom stereocenters. The number of hydrogen-bond acceptors (Lipinski definition) is 4. The maximum atomic E-state index is 12.3. The van der Waals surface area contributed by atoms with Crippen LogP contribution in [0.4, 0.5) is 0 Å². The molecule has 0 amide bonds. The van der Waals surface area contributed by atoms with Crippen molar-refractivity contribution < 1.29 is 19.1 Å². The van der Waals surface area contributed by atoms with Crippen molar-refractivity contribution in [2.45, 2.75) is 51.7 Å². The van der Waals surface area contributed by atoms with Gasteiger partial charge in [0.15, 0.2) is 12.2 Å². The van der Waals surface area contributed by atoms with Gasteiger partial charge in [0.25, 0.3) is 0 Å². The lowest BCUT2D eigenvalue weighted by Gasteiger charge is -2.24. The Kier molecular flexibility index (Phi) is 6.79. The molecule has 1 heterocycles. The van der Waals surface area contributed by atoms with Gasteiger partial charge >= 0.3 is 11.9 Å². The highest BCUT2D eigenvalue weighted by Gasteiger charge is 2.28. The first kappa shape index (κ1) is 18.0. The Bertz CT molecular complexity index is 613. The van der Waals surface area contributed by atoms with Crippen molar-refractivity contribution in [2.24, 2.45) is 0 Å². The zero-order valence-corrected chi connectivity index (χ0v) is 14.2. The van der Waals surface area contributed by atoms with E-state index < -0.39 is 24.1 Å². The molecule has 4 nitrogen and oxygen atoms in total. The maximum absolute atomic E-state index is 12.3. The average molecular weight is 328 g/mol. The van der Waals surface area contributed by atoms with Crippen molar-refractivity contribution in [3.8, 4) is 0 Å². The number of benzene rings is 1. The number of allylic oxidation sites excluding steroid dienone is 1. The Hall–Kier alpha value is -2.36. The number of carbonyl (C=O) groups is 2. The molecule has 1 aliphatic rings. The van der Waals surface area contributed by atoms with Gasteiger partial charge in [-0.05, 0) is 49.6 Å². The topological polar surface area (TPSA) is 52.6 Å². The van der Waals surface area contributed by atoms with E-state index in [0.29, 0.717) is 5.56 Å². The van der Waals surface area contributed by atoms with Crippen molar-refractivity contribution >= 4 is 11.9 Å². The van der Waals surface area contributed by atoms with E-state index >= 15 is 0 Å². The van der Waals surface area contributed by atoms with E-state index in [2.05, 4.69) is 6.92 Å². The van der Waals surface area contributed by atoms with Crippen LogP contribution < -0.4 is 0 Å². The molecule has 4 heteroatoms. The molecule has 0 N–H and O–H groups in total. The summed E-state index contributed by atoms with van der Waals surface area (Å²) in [5.74, 6) is -0.848. The second-order valence-corrected chi connectivity index (χ2v) is 5.81. The Morgan fingerprint density at radius 2 is 2.00 bits per heavy atom. The SMILES string of the molecule is C/C=C/[C@@H]1OC(=O)C=C[C@@H]1OC(=O)c1ccc(CCCCC)cc1. The van der Waals surface area contributed by atoms with E-state index in [9.17, 15) is 9.59 Å². The Labute approximate surface area is 143 Å². The highest BCUT2D eigenvalue weighted by molar-refractivity contribution is 5.90. The summed E-state index contributed by atoms with van der Waals surface area (Å²) in [4.78, 5) is 23.6. The monoisotopic (exact) mass is 328 g/mol. The van der Waals surface area contributed by atoms with Crippen molar-refractivity contribution in [3.63, 3.8) is 0 Å². The minimum Gasteiger partial charge on any atom is -0.451 e. The molecule has 128 valence electrons. The molecule has 24 heavy (non-hydrogen) atoms. The standard InChI is InChI=1S/C20H24O4/c1-3-5-6-8-15-9-11-16(12-10-15)20(22)24-18-13-14-19(21)23-17(18)7-4-2/h4,7,9-14,17-18H,3,5-6,8H2,1-2H3/b7-4+/t17-,18-/m0/s1. The van der Waals surface area contributed by atoms with E-state index in [-0.39, 0.29) is 0 Å². The zero-order chi connectivity index (χ0) is 17.4. The third-order valence-corrected chi connectivity index (χ3v) is 3.88. The van der Waals surface area contributed by atoms with Gasteiger partial charge in [-0.2, -0.15) is 0 Å². The summed E-state index contributed by atoms with van der Waals surface area (Å²) in [6.45, 7) is 4.00. The van der Waals surface area contributed by atoms with E-state index in [1.54, 1.807) is 30.4 Å². The molecule has 1 aliphatic heterocycles. The fourth-order valence-electron chi connectivity index (χ4n) is 2.55. The van der Waals surface area contributed by atoms with Gasteiger partial charge < -0.3 is 9.47 Å². The number of hydrogen-bond donors (Lipinski definition) is 0. The van der Waals surface area contributed by atoms with Crippen molar-refractivity contribution in [1.82, 2.24) is 0 Å². The molecular formula is C20H24O4. The predicted molar refractivity (Wildman–Crippen MR) is 92.7 cm³/mol. The van der Waals surface area contributed by atoms with Crippen molar-refractivity contribution in [2.75, 3.05) is 0 Å². The lowest BCUT2D eigenvalue weighted by molar-refractivity contribution is -0.146. The molecule has 0 fully saturated rings. The molecule has 1 aromatic carbocycles. The maximum Gasteiger partial charge on any atom is 0.338 e. The van der Waals surface area contributed by atoms with Gasteiger partial charge in [0.2, 0.25) is 0 Å². The van der Waals surface area contributed by atoms with Crippen LogP contribution in [-0.4, -0.2) is 24.1 Å². The molecule has 1 aromatic rings. The van der Waals surface area contributed by atoms with Gasteiger partial charge in [-0.3, -0.25) is 0 Å². The van der Waals surface area contributed by atoms with E-state index in [1.807, 2.05) is 19.1 Å². The summed E-state index contributed by atoms with van der Waals surface area (Å²) >= 11 is 0. The molecule has 0 aromatic heterocycles. The van der Waals surface area contributed by atoms with Gasteiger partial charge in [-0.15, -0.1) is 0 Å². The first-order valence-electron chi connectivity index (χ1n) is 8.45. The number of esters is 2. The minimum atomic E-state index is -0.601. The second kappa shape index (κ2) is 9.06. The first-order valence-corrected chi connectivity index (χ1v) is 8.45. The molecular weight excluding hydrogens is 304 g/mol. The van der Waals surface area contributed by atoms with Gasteiger partial charge in [-0.25, -0.2) is 9.59 Å². The Balaban J connectivity index is 1.98. The number of carbonyl (C=O) groups excluding carboxylic acids is 2. The number of cyclic esters (lactones) is 1. The van der Waals surface area contributed by atoms with Crippen LogP contribution in [0.15, 0.2) is 48.6 Å². The summed E-state index contributed by atoms with van der Waals surface area (Å²) in [5, 5.41) is 0. The largest absolute Gasteiger partial charge is 0.451 e. The van der Waals surface area contributed by atoms with Gasteiger partial charge in [0, 0.05) is 6.08 Å². The van der Waals surface area contributed by atoms with Crippen LogP contribution in [0, 0.1) is 0 Å². The molecule has 2 rings (SSSR count). The molecule has 0 radical (unpaired) electrons. The van der Waals surface area contributed by atoms with Gasteiger partial charge in [0.1, 0.15) is 0 Å². The summed E-state index contributed by atoms with van der Waals surface area (Å²) in [6.07, 6.45) is 9.72. The molecule has 0 spiro atoms. The van der Waals surface area contributed by atoms with Crippen LogP contribution in [0.2, 0.25) is 0 Å². The van der Waals surface area contributed by atoms with Crippen molar-refractivity contribution in [1.29, 1.82) is 0 Å². The lowest BCUT2D eigenvalue weighted by atomic mass is 10.1. The van der Waals surface area contributed by atoms with E-state index in [4.69, 9.17) is 9.47 Å². The van der Waals surface area contributed by atoms with Crippen LogP contribution in [0.1, 0.15) is 49.0 Å². The zero-order valence-electron chi connectivity index (χ0n) is 14.2. The first-order chi connectivity index (χ1) is 11.6. The lowest BCUT2D eigenvalue weighted by Crippen LogP contribution is -2.35.